The fraction of sp³-hybridized carbons (Fsp3) is 0.513. The number of thiophene rings is 1. The Balaban J connectivity index is 0.951. The second-order valence-electron chi connectivity index (χ2n) is 13.8. The first-order chi connectivity index (χ1) is 24.2. The summed E-state index contributed by atoms with van der Waals surface area (Å²) in [5, 5.41) is 9.97. The average Bonchev–Trinajstić information content (AvgIpc) is 3.77. The monoisotopic (exact) mass is 703 g/mol. The first-order valence-electron chi connectivity index (χ1n) is 18.0. The maximum Gasteiger partial charge on any atom is 0.511 e. The molecule has 2 heterocycles. The molecule has 3 aromatic rings. The summed E-state index contributed by atoms with van der Waals surface area (Å²) in [6.07, 6.45) is 5.53. The number of carbonyl (C=O) groups excluding carboxylic acids is 3. The van der Waals surface area contributed by atoms with Crippen LogP contribution in [0.3, 0.4) is 0 Å². The van der Waals surface area contributed by atoms with Gasteiger partial charge in [-0.3, -0.25) is 9.59 Å². The first kappa shape index (κ1) is 35.9. The third-order valence-corrected chi connectivity index (χ3v) is 11.0. The van der Waals surface area contributed by atoms with E-state index >= 15 is 0 Å². The molecule has 1 amide bonds. The molecule has 268 valence electrons. The van der Waals surface area contributed by atoms with E-state index in [2.05, 4.69) is 40.2 Å². The number of aryl methyl sites for hydroxylation is 1. The lowest BCUT2D eigenvalue weighted by Crippen LogP contribution is -2.50. The Hall–Kier alpha value is -3.93. The lowest BCUT2D eigenvalue weighted by atomic mass is 9.98. The van der Waals surface area contributed by atoms with Gasteiger partial charge in [0.25, 0.3) is 5.91 Å². The maximum atomic E-state index is 13.3. The number of ether oxygens (including phenoxy) is 4. The third kappa shape index (κ3) is 9.64. The maximum absolute atomic E-state index is 13.3. The summed E-state index contributed by atoms with van der Waals surface area (Å²) in [6.45, 7) is 7.84. The SMILES string of the molecule is Cc1ccc(OC2CNC2)cc1C(=O)N[C@H](C)c1cccc(-c2ccc(CN[C@H]3CC[C@@H](C(=O)OC(C)OC(=O)OC4CCCCC4)C3)s2)c1. The first-order valence-corrected chi connectivity index (χ1v) is 18.8. The van der Waals surface area contributed by atoms with Crippen LogP contribution in [0.2, 0.25) is 0 Å². The van der Waals surface area contributed by atoms with Crippen LogP contribution in [0, 0.1) is 12.8 Å². The number of rotatable bonds is 13. The van der Waals surface area contributed by atoms with Crippen molar-refractivity contribution >= 4 is 29.4 Å². The molecule has 3 N–H and O–H groups in total. The van der Waals surface area contributed by atoms with Crippen LogP contribution in [0.4, 0.5) is 4.79 Å². The largest absolute Gasteiger partial charge is 0.511 e. The van der Waals surface area contributed by atoms with Crippen molar-refractivity contribution in [1.29, 1.82) is 0 Å². The summed E-state index contributed by atoms with van der Waals surface area (Å²) in [7, 11) is 0. The van der Waals surface area contributed by atoms with E-state index < -0.39 is 12.4 Å². The van der Waals surface area contributed by atoms with Crippen molar-refractivity contribution in [3.05, 3.63) is 76.2 Å². The fourth-order valence-corrected chi connectivity index (χ4v) is 7.75. The topological polar surface area (TPSA) is 124 Å². The van der Waals surface area contributed by atoms with Gasteiger partial charge in [-0.05, 0) is 106 Å². The summed E-state index contributed by atoms with van der Waals surface area (Å²) >= 11 is 1.73. The Morgan fingerprint density at radius 3 is 2.52 bits per heavy atom. The zero-order chi connectivity index (χ0) is 35.0. The second-order valence-corrected chi connectivity index (χ2v) is 15.0. The molecule has 0 radical (unpaired) electrons. The molecule has 0 bridgehead atoms. The summed E-state index contributed by atoms with van der Waals surface area (Å²) in [6, 6.07) is 18.3. The Morgan fingerprint density at radius 2 is 1.74 bits per heavy atom. The van der Waals surface area contributed by atoms with Crippen molar-refractivity contribution in [3.8, 4) is 16.2 Å². The molecular weight excluding hydrogens is 655 g/mol. The van der Waals surface area contributed by atoms with Gasteiger partial charge >= 0.3 is 12.1 Å². The molecule has 2 aliphatic carbocycles. The number of carbonyl (C=O) groups is 3. The fourth-order valence-electron chi connectivity index (χ4n) is 6.80. The molecule has 1 aliphatic heterocycles. The van der Waals surface area contributed by atoms with Crippen molar-refractivity contribution in [2.45, 2.75) is 109 Å². The lowest BCUT2D eigenvalue weighted by molar-refractivity contribution is -0.173. The summed E-state index contributed by atoms with van der Waals surface area (Å²) in [4.78, 5) is 40.5. The minimum Gasteiger partial charge on any atom is -0.488 e. The van der Waals surface area contributed by atoms with E-state index in [0.29, 0.717) is 24.3 Å². The van der Waals surface area contributed by atoms with Gasteiger partial charge in [-0.1, -0.05) is 30.7 Å². The van der Waals surface area contributed by atoms with Gasteiger partial charge in [0.15, 0.2) is 0 Å². The highest BCUT2D eigenvalue weighted by molar-refractivity contribution is 7.15. The molecule has 3 aliphatic rings. The van der Waals surface area contributed by atoms with Gasteiger partial charge in [-0.15, -0.1) is 11.3 Å². The number of hydrogen-bond donors (Lipinski definition) is 3. The quantitative estimate of drug-likeness (QED) is 0.125. The Bertz CT molecular complexity index is 1630. The average molecular weight is 704 g/mol. The molecule has 2 aromatic carbocycles. The Morgan fingerprint density at radius 1 is 0.920 bits per heavy atom. The molecule has 1 saturated heterocycles. The molecule has 6 rings (SSSR count). The van der Waals surface area contributed by atoms with Crippen LogP contribution >= 0.6 is 11.3 Å². The normalized spacial score (nSPS) is 20.7. The molecular formula is C39H49N3O7S. The van der Waals surface area contributed by atoms with Crippen LogP contribution in [-0.4, -0.2) is 55.7 Å². The van der Waals surface area contributed by atoms with Crippen LogP contribution in [0.15, 0.2) is 54.6 Å². The third-order valence-electron chi connectivity index (χ3n) is 9.87. The predicted octanol–water partition coefficient (Wildman–Crippen LogP) is 7.20. The van der Waals surface area contributed by atoms with E-state index in [-0.39, 0.29) is 42.1 Å². The zero-order valence-electron chi connectivity index (χ0n) is 29.2. The molecule has 10 nitrogen and oxygen atoms in total. The van der Waals surface area contributed by atoms with E-state index in [9.17, 15) is 14.4 Å². The van der Waals surface area contributed by atoms with Crippen LogP contribution in [0.5, 0.6) is 5.75 Å². The summed E-state index contributed by atoms with van der Waals surface area (Å²) in [5.41, 5.74) is 3.65. The zero-order valence-corrected chi connectivity index (χ0v) is 30.0. The Labute approximate surface area is 298 Å². The minimum absolute atomic E-state index is 0.109. The second kappa shape index (κ2) is 16.9. The van der Waals surface area contributed by atoms with Gasteiger partial charge in [0, 0.05) is 47.9 Å². The van der Waals surface area contributed by atoms with Crippen LogP contribution < -0.4 is 20.7 Å². The molecule has 1 aromatic heterocycles. The molecule has 1 unspecified atom stereocenters. The van der Waals surface area contributed by atoms with Gasteiger partial charge in [-0.2, -0.15) is 0 Å². The van der Waals surface area contributed by atoms with Crippen LogP contribution in [0.25, 0.3) is 10.4 Å². The van der Waals surface area contributed by atoms with Crippen LogP contribution in [-0.2, 0) is 25.5 Å². The highest BCUT2D eigenvalue weighted by atomic mass is 32.1. The lowest BCUT2D eigenvalue weighted by Gasteiger charge is -2.28. The summed E-state index contributed by atoms with van der Waals surface area (Å²) < 4.78 is 22.0. The Kier molecular flexibility index (Phi) is 12.1. The molecule has 11 heteroatoms. The highest BCUT2D eigenvalue weighted by Gasteiger charge is 2.32. The van der Waals surface area contributed by atoms with E-state index in [1.807, 2.05) is 44.2 Å². The van der Waals surface area contributed by atoms with E-state index in [1.165, 1.54) is 11.3 Å². The predicted molar refractivity (Wildman–Crippen MR) is 192 cm³/mol. The van der Waals surface area contributed by atoms with Crippen molar-refractivity contribution in [2.75, 3.05) is 13.1 Å². The standard InChI is InChI=1S/C39H49N3O7S/c1-24-12-15-32(48-33-21-40-22-33)20-35(24)37(43)42-25(2)27-8-7-9-28(18-27)36-17-16-34(50-36)23-41-30-14-13-29(19-30)38(44)46-26(3)47-39(45)49-31-10-5-4-6-11-31/h7-9,12,15-18,20,25-26,29-31,33,40-41H,4-6,10-11,13-14,19,21-23H2,1-3H3,(H,42,43)/t25-,26?,29-,30+/m1/s1. The van der Waals surface area contributed by atoms with Gasteiger partial charge in [-0.25, -0.2) is 4.79 Å². The van der Waals surface area contributed by atoms with Gasteiger partial charge in [0.05, 0.1) is 12.0 Å². The van der Waals surface area contributed by atoms with Gasteiger partial charge in [0.1, 0.15) is 18.0 Å². The van der Waals surface area contributed by atoms with E-state index in [4.69, 9.17) is 18.9 Å². The minimum atomic E-state index is -0.983. The van der Waals surface area contributed by atoms with Gasteiger partial charge < -0.3 is 34.9 Å². The molecule has 50 heavy (non-hydrogen) atoms. The molecule has 2 saturated carbocycles. The molecule has 0 spiro atoms. The smallest absolute Gasteiger partial charge is 0.488 e. The number of nitrogens with one attached hydrogen (secondary N) is 3. The van der Waals surface area contributed by atoms with E-state index in [0.717, 1.165) is 73.2 Å². The molecule has 4 atom stereocenters. The van der Waals surface area contributed by atoms with Crippen molar-refractivity contribution in [2.24, 2.45) is 5.92 Å². The number of benzene rings is 2. The number of amides is 1. The highest BCUT2D eigenvalue weighted by Crippen LogP contribution is 2.32. The van der Waals surface area contributed by atoms with Crippen molar-refractivity contribution in [1.82, 2.24) is 16.0 Å². The van der Waals surface area contributed by atoms with Crippen LogP contribution in [0.1, 0.15) is 97.6 Å². The number of hydrogen-bond acceptors (Lipinski definition) is 10. The van der Waals surface area contributed by atoms with Crippen molar-refractivity contribution < 1.29 is 33.3 Å². The summed E-state index contributed by atoms with van der Waals surface area (Å²) in [5.74, 6) is 0.0188. The van der Waals surface area contributed by atoms with Gasteiger partial charge in [0.2, 0.25) is 6.29 Å². The number of esters is 1. The molecule has 3 fully saturated rings. The van der Waals surface area contributed by atoms with Crippen molar-refractivity contribution in [3.63, 3.8) is 0 Å². The van der Waals surface area contributed by atoms with E-state index in [1.54, 1.807) is 18.3 Å².